The fourth-order valence-corrected chi connectivity index (χ4v) is 9.69. The molecule has 15 heteroatoms. The third kappa shape index (κ3) is 9.55. The fraction of sp³-hybridized carbons (Fsp3) is 0.439. The summed E-state index contributed by atoms with van der Waals surface area (Å²) in [7, 11) is 0. The van der Waals surface area contributed by atoms with Gasteiger partial charge < -0.3 is 23.7 Å². The Labute approximate surface area is 333 Å². The van der Waals surface area contributed by atoms with E-state index in [9.17, 15) is 28.8 Å². The number of rotatable bonds is 13. The van der Waals surface area contributed by atoms with E-state index in [4.69, 9.17) is 23.7 Å². The molecule has 0 unspecified atom stereocenters. The highest BCUT2D eigenvalue weighted by Crippen LogP contribution is 2.57. The van der Waals surface area contributed by atoms with E-state index >= 15 is 0 Å². The van der Waals surface area contributed by atoms with Crippen LogP contribution in [-0.2, 0) is 47.7 Å². The summed E-state index contributed by atoms with van der Waals surface area (Å²) in [5.41, 5.74) is 1.49. The third-order valence-corrected chi connectivity index (χ3v) is 12.8. The van der Waals surface area contributed by atoms with Gasteiger partial charge in [-0.25, -0.2) is 9.59 Å². The molecule has 6 rings (SSSR count). The van der Waals surface area contributed by atoms with Crippen LogP contribution in [0.5, 0.6) is 5.75 Å². The number of fused-ring (bicyclic) bond motifs is 1. The molecular formula is C41H44N2O11S2. The summed E-state index contributed by atoms with van der Waals surface area (Å²) in [6, 6.07) is 12.4. The second kappa shape index (κ2) is 18.8. The lowest BCUT2D eigenvalue weighted by Gasteiger charge is -2.30. The fourth-order valence-electron chi connectivity index (χ4n) is 6.94. The first-order valence-electron chi connectivity index (χ1n) is 18.8. The summed E-state index contributed by atoms with van der Waals surface area (Å²) in [5.74, 6) is -3.22. The topological polar surface area (TPSA) is 164 Å². The Hall–Kier alpha value is -4.89. The third-order valence-electron chi connectivity index (χ3n) is 10.0. The second-order valence-electron chi connectivity index (χ2n) is 13.8. The zero-order chi connectivity index (χ0) is 39.8. The smallest absolute Gasteiger partial charge is 0.359 e. The minimum Gasteiger partial charge on any atom is -0.465 e. The molecule has 2 aliphatic heterocycles. The molecule has 0 bridgehead atoms. The van der Waals surface area contributed by atoms with Crippen LogP contribution >= 0.6 is 23.5 Å². The number of hydrogen-bond acceptors (Lipinski definition) is 14. The van der Waals surface area contributed by atoms with E-state index in [1.165, 1.54) is 28.5 Å². The number of anilines is 1. The average Bonchev–Trinajstić information content (AvgIpc) is 3.81. The van der Waals surface area contributed by atoms with Crippen molar-refractivity contribution in [2.24, 2.45) is 22.9 Å². The van der Waals surface area contributed by atoms with Crippen molar-refractivity contribution in [1.29, 1.82) is 0 Å². The van der Waals surface area contributed by atoms with Crippen LogP contribution in [-0.4, -0.2) is 67.4 Å². The van der Waals surface area contributed by atoms with Gasteiger partial charge in [-0.3, -0.25) is 19.2 Å². The predicted molar refractivity (Wildman–Crippen MR) is 208 cm³/mol. The Morgan fingerprint density at radius 1 is 0.804 bits per heavy atom. The molecule has 2 saturated carbocycles. The molecule has 1 amide bonds. The van der Waals surface area contributed by atoms with Crippen molar-refractivity contribution in [2.75, 3.05) is 24.8 Å². The average molecular weight is 805 g/mol. The molecule has 2 aliphatic carbocycles. The van der Waals surface area contributed by atoms with Crippen LogP contribution in [0.25, 0.3) is 0 Å². The molecule has 56 heavy (non-hydrogen) atoms. The van der Waals surface area contributed by atoms with Crippen LogP contribution in [0.3, 0.4) is 0 Å². The molecule has 0 spiro atoms. The predicted octanol–water partition coefficient (Wildman–Crippen LogP) is 6.85. The minimum absolute atomic E-state index is 0.0801. The van der Waals surface area contributed by atoms with Crippen molar-refractivity contribution in [3.63, 3.8) is 0 Å². The molecule has 2 aromatic carbocycles. The molecule has 0 atom stereocenters. The van der Waals surface area contributed by atoms with E-state index in [1.54, 1.807) is 37.3 Å². The SMILES string of the molecule is C=CC(=O)OCCCOC(=O)C1CCC(C(=O)OC2CCC(C(=O)Oc3ccc(C)c4c3SC(=C3C(=O)N(c5ccccc5)N=C3C(=O)OCC)S4)CC2)CC1. The van der Waals surface area contributed by atoms with Gasteiger partial charge in [0.25, 0.3) is 5.91 Å². The number of carbonyl (C=O) groups excluding carboxylic acids is 6. The first kappa shape index (κ1) is 40.8. The first-order valence-corrected chi connectivity index (χ1v) is 20.5. The highest BCUT2D eigenvalue weighted by Gasteiger charge is 2.42. The molecule has 13 nitrogen and oxygen atoms in total. The van der Waals surface area contributed by atoms with Gasteiger partial charge in [-0.1, -0.05) is 54.4 Å². The number of nitrogens with zero attached hydrogens (tertiary/aromatic N) is 2. The van der Waals surface area contributed by atoms with Gasteiger partial charge in [0.2, 0.25) is 0 Å². The zero-order valence-corrected chi connectivity index (χ0v) is 33.0. The van der Waals surface area contributed by atoms with E-state index in [-0.39, 0.29) is 72.9 Å². The monoisotopic (exact) mass is 804 g/mol. The lowest BCUT2D eigenvalue weighted by molar-refractivity contribution is -0.161. The largest absolute Gasteiger partial charge is 0.465 e. The number of carbonyl (C=O) groups is 6. The number of hydrogen-bond donors (Lipinski definition) is 0. The summed E-state index contributed by atoms with van der Waals surface area (Å²) in [6.07, 6.45) is 5.34. The Bertz CT molecular complexity index is 1930. The minimum atomic E-state index is -0.701. The molecule has 0 saturated heterocycles. The van der Waals surface area contributed by atoms with E-state index < -0.39 is 17.8 Å². The summed E-state index contributed by atoms with van der Waals surface area (Å²) in [6.45, 7) is 7.35. The number of para-hydroxylation sites is 1. The van der Waals surface area contributed by atoms with Crippen LogP contribution < -0.4 is 9.75 Å². The summed E-state index contributed by atoms with van der Waals surface area (Å²) in [5, 5.41) is 5.57. The van der Waals surface area contributed by atoms with Gasteiger partial charge in [0.15, 0.2) is 5.71 Å². The number of aryl methyl sites for hydroxylation is 1. The molecular weight excluding hydrogens is 761 g/mol. The lowest BCUT2D eigenvalue weighted by atomic mass is 9.82. The van der Waals surface area contributed by atoms with Crippen molar-refractivity contribution in [3.05, 3.63) is 70.5 Å². The molecule has 2 heterocycles. The van der Waals surface area contributed by atoms with Crippen LogP contribution in [0.1, 0.15) is 70.3 Å². The number of esters is 5. The van der Waals surface area contributed by atoms with Gasteiger partial charge in [-0.05, 0) is 89.0 Å². The second-order valence-corrected chi connectivity index (χ2v) is 16.1. The lowest BCUT2D eigenvalue weighted by Crippen LogP contribution is -2.33. The highest BCUT2D eigenvalue weighted by molar-refractivity contribution is 8.24. The van der Waals surface area contributed by atoms with Crippen LogP contribution in [0.2, 0.25) is 0 Å². The molecule has 0 aromatic heterocycles. The maximum Gasteiger partial charge on any atom is 0.359 e. The maximum absolute atomic E-state index is 13.8. The number of amides is 1. The summed E-state index contributed by atoms with van der Waals surface area (Å²) in [4.78, 5) is 78.4. The van der Waals surface area contributed by atoms with Crippen LogP contribution in [0.15, 0.2) is 79.8 Å². The quantitative estimate of drug-likeness (QED) is 0.0680. The van der Waals surface area contributed by atoms with E-state index in [0.29, 0.717) is 78.4 Å². The summed E-state index contributed by atoms with van der Waals surface area (Å²) < 4.78 is 27.9. The molecule has 0 N–H and O–H groups in total. The van der Waals surface area contributed by atoms with Crippen molar-refractivity contribution in [3.8, 4) is 5.75 Å². The van der Waals surface area contributed by atoms with Gasteiger partial charge in [0.1, 0.15) is 11.9 Å². The standard InChI is InChI=1S/C41H44N2O11S2/c1-4-31(44)51-22-9-23-52-37(46)25-13-15-26(16-14-25)38(47)53-29-19-17-27(18-20-29)39(48)54-30-21-12-24(3)34-35(30)56-41(55-34)32-33(40(49)50-5-2)42-43(36(32)45)28-10-7-6-8-11-28/h4,6-8,10-12,21,25-27,29H,1,5,9,13-20,22-23H2,2-3H3. The van der Waals surface area contributed by atoms with Gasteiger partial charge in [-0.15, -0.1) is 0 Å². The molecule has 4 aliphatic rings. The van der Waals surface area contributed by atoms with Crippen LogP contribution in [0, 0.1) is 24.7 Å². The van der Waals surface area contributed by atoms with E-state index in [0.717, 1.165) is 16.5 Å². The van der Waals surface area contributed by atoms with E-state index in [1.807, 2.05) is 19.1 Å². The Morgan fingerprint density at radius 3 is 2.11 bits per heavy atom. The summed E-state index contributed by atoms with van der Waals surface area (Å²) >= 11 is 2.59. The Kier molecular flexibility index (Phi) is 13.7. The number of hydrazone groups is 1. The molecule has 2 fully saturated rings. The number of benzene rings is 2. The van der Waals surface area contributed by atoms with Gasteiger partial charge in [-0.2, -0.15) is 10.1 Å². The Balaban J connectivity index is 1.00. The highest BCUT2D eigenvalue weighted by atomic mass is 32.2. The maximum atomic E-state index is 13.8. The number of thioether (sulfide) groups is 2. The van der Waals surface area contributed by atoms with Crippen molar-refractivity contribution in [2.45, 2.75) is 87.5 Å². The van der Waals surface area contributed by atoms with Gasteiger partial charge in [0, 0.05) is 17.4 Å². The van der Waals surface area contributed by atoms with E-state index in [2.05, 4.69) is 11.7 Å². The number of ether oxygens (including phenoxy) is 5. The Morgan fingerprint density at radius 2 is 1.43 bits per heavy atom. The van der Waals surface area contributed by atoms with Crippen LogP contribution in [0.4, 0.5) is 5.69 Å². The van der Waals surface area contributed by atoms with Gasteiger partial charge in [0.05, 0.1) is 58.0 Å². The molecule has 0 radical (unpaired) electrons. The van der Waals surface area contributed by atoms with Gasteiger partial charge >= 0.3 is 29.8 Å². The molecule has 2 aromatic rings. The zero-order valence-electron chi connectivity index (χ0n) is 31.3. The first-order chi connectivity index (χ1) is 27.1. The van der Waals surface area contributed by atoms with Crippen molar-refractivity contribution >= 4 is 70.7 Å². The molecule has 296 valence electrons. The normalized spacial score (nSPS) is 23.1. The van der Waals surface area contributed by atoms with Crippen molar-refractivity contribution in [1.82, 2.24) is 0 Å². The van der Waals surface area contributed by atoms with Crippen molar-refractivity contribution < 1.29 is 52.5 Å².